The smallest absolute Gasteiger partial charge is 0.226 e. The Kier molecular flexibility index (Phi) is 6.68. The summed E-state index contributed by atoms with van der Waals surface area (Å²) >= 11 is 0. The first-order valence-corrected chi connectivity index (χ1v) is 9.31. The average molecular weight is 378 g/mol. The Morgan fingerprint density at radius 3 is 2.57 bits per heavy atom. The van der Waals surface area contributed by atoms with Crippen molar-refractivity contribution in [2.75, 3.05) is 13.6 Å². The molecule has 1 unspecified atom stereocenters. The third-order valence-corrected chi connectivity index (χ3v) is 4.15. The number of benzene rings is 2. The minimum absolute atomic E-state index is 0.00186. The number of aryl methyl sites for hydroxylation is 1. The summed E-state index contributed by atoms with van der Waals surface area (Å²) in [6, 6.07) is 17.9. The molecule has 0 saturated carbocycles. The minimum Gasteiger partial charge on any atom is -0.489 e. The standard InChI is InChI=1S/C22H26N4O2/c1-16-9-11-20(12-10-16)28-17(2)13-24-22(23-3)25-14-19-15-27-21(26-19)18-7-5-4-6-8-18/h4-12,15,17H,13-14H2,1-3H3,(H2,23,24,25). The Morgan fingerprint density at radius 2 is 1.86 bits per heavy atom. The van der Waals surface area contributed by atoms with Gasteiger partial charge in [0, 0.05) is 12.6 Å². The van der Waals surface area contributed by atoms with Crippen LogP contribution in [0.3, 0.4) is 0 Å². The molecule has 6 nitrogen and oxygen atoms in total. The van der Waals surface area contributed by atoms with Crippen molar-refractivity contribution >= 4 is 5.96 Å². The quantitative estimate of drug-likeness (QED) is 0.484. The summed E-state index contributed by atoms with van der Waals surface area (Å²) in [6.07, 6.45) is 1.66. The summed E-state index contributed by atoms with van der Waals surface area (Å²) in [7, 11) is 1.74. The number of guanidine groups is 1. The van der Waals surface area contributed by atoms with Gasteiger partial charge in [0.2, 0.25) is 5.89 Å². The number of hydrogen-bond donors (Lipinski definition) is 2. The van der Waals surface area contributed by atoms with E-state index in [0.29, 0.717) is 24.9 Å². The summed E-state index contributed by atoms with van der Waals surface area (Å²) in [6.45, 7) is 5.22. The largest absolute Gasteiger partial charge is 0.489 e. The molecule has 28 heavy (non-hydrogen) atoms. The van der Waals surface area contributed by atoms with Crippen LogP contribution >= 0.6 is 0 Å². The molecule has 1 heterocycles. The molecular formula is C22H26N4O2. The van der Waals surface area contributed by atoms with Crippen LogP contribution in [-0.4, -0.2) is 30.6 Å². The van der Waals surface area contributed by atoms with Gasteiger partial charge in [-0.2, -0.15) is 0 Å². The first kappa shape index (κ1) is 19.5. The number of nitrogens with one attached hydrogen (secondary N) is 2. The summed E-state index contributed by atoms with van der Waals surface area (Å²) in [5.74, 6) is 2.16. The molecule has 3 aromatic rings. The zero-order valence-electron chi connectivity index (χ0n) is 16.5. The van der Waals surface area contributed by atoms with Crippen LogP contribution in [-0.2, 0) is 6.54 Å². The summed E-state index contributed by atoms with van der Waals surface area (Å²) in [5, 5.41) is 6.50. The van der Waals surface area contributed by atoms with Gasteiger partial charge in [-0.25, -0.2) is 4.98 Å². The van der Waals surface area contributed by atoms with Crippen LogP contribution in [0.15, 0.2) is 70.3 Å². The van der Waals surface area contributed by atoms with Crippen molar-refractivity contribution in [3.05, 3.63) is 72.1 Å². The van der Waals surface area contributed by atoms with Crippen molar-refractivity contribution in [2.24, 2.45) is 4.99 Å². The molecule has 0 aliphatic heterocycles. The average Bonchev–Trinajstić information content (AvgIpc) is 3.20. The van der Waals surface area contributed by atoms with E-state index < -0.39 is 0 Å². The van der Waals surface area contributed by atoms with E-state index in [-0.39, 0.29) is 6.10 Å². The molecule has 1 aromatic heterocycles. The van der Waals surface area contributed by atoms with Crippen LogP contribution in [0.4, 0.5) is 0 Å². The molecule has 2 N–H and O–H groups in total. The van der Waals surface area contributed by atoms with Crippen LogP contribution in [0.1, 0.15) is 18.2 Å². The number of nitrogens with zero attached hydrogens (tertiary/aromatic N) is 2. The van der Waals surface area contributed by atoms with E-state index in [9.17, 15) is 0 Å². The number of aliphatic imine (C=N–C) groups is 1. The fourth-order valence-electron chi connectivity index (χ4n) is 2.63. The van der Waals surface area contributed by atoms with Gasteiger partial charge in [-0.3, -0.25) is 4.99 Å². The number of oxazole rings is 1. The van der Waals surface area contributed by atoms with Gasteiger partial charge in [-0.05, 0) is 38.1 Å². The Morgan fingerprint density at radius 1 is 1.11 bits per heavy atom. The van der Waals surface area contributed by atoms with E-state index in [2.05, 4.69) is 27.5 Å². The van der Waals surface area contributed by atoms with Gasteiger partial charge in [0.25, 0.3) is 0 Å². The van der Waals surface area contributed by atoms with Crippen LogP contribution in [0, 0.1) is 6.92 Å². The molecule has 6 heteroatoms. The summed E-state index contributed by atoms with van der Waals surface area (Å²) < 4.78 is 11.5. The Bertz CT molecular complexity index is 888. The highest BCUT2D eigenvalue weighted by atomic mass is 16.5. The molecular weight excluding hydrogens is 352 g/mol. The van der Waals surface area contributed by atoms with Crippen molar-refractivity contribution in [2.45, 2.75) is 26.5 Å². The van der Waals surface area contributed by atoms with Crippen molar-refractivity contribution in [3.63, 3.8) is 0 Å². The molecule has 0 aliphatic rings. The molecule has 0 fully saturated rings. The SMILES string of the molecule is CN=C(NCc1coc(-c2ccccc2)n1)NCC(C)Oc1ccc(C)cc1. The number of aromatic nitrogens is 1. The predicted molar refractivity (Wildman–Crippen MR) is 111 cm³/mol. The summed E-state index contributed by atoms with van der Waals surface area (Å²) in [5.41, 5.74) is 2.98. The molecule has 0 aliphatic carbocycles. The first-order valence-electron chi connectivity index (χ1n) is 9.31. The second-order valence-electron chi connectivity index (χ2n) is 6.56. The lowest BCUT2D eigenvalue weighted by Crippen LogP contribution is -2.41. The normalized spacial score (nSPS) is 12.5. The molecule has 1 atom stereocenters. The number of hydrogen-bond acceptors (Lipinski definition) is 4. The summed E-state index contributed by atoms with van der Waals surface area (Å²) in [4.78, 5) is 8.75. The molecule has 0 radical (unpaired) electrons. The van der Waals surface area contributed by atoms with Gasteiger partial charge in [0.1, 0.15) is 18.1 Å². The van der Waals surface area contributed by atoms with E-state index in [0.717, 1.165) is 17.0 Å². The lowest BCUT2D eigenvalue weighted by Gasteiger charge is -2.17. The van der Waals surface area contributed by atoms with E-state index in [4.69, 9.17) is 9.15 Å². The molecule has 3 rings (SSSR count). The third kappa shape index (κ3) is 5.61. The van der Waals surface area contributed by atoms with Crippen molar-refractivity contribution in [1.82, 2.24) is 15.6 Å². The highest BCUT2D eigenvalue weighted by molar-refractivity contribution is 5.79. The molecule has 2 aromatic carbocycles. The van der Waals surface area contributed by atoms with Gasteiger partial charge >= 0.3 is 0 Å². The van der Waals surface area contributed by atoms with Crippen LogP contribution in [0.5, 0.6) is 5.75 Å². The van der Waals surface area contributed by atoms with E-state index >= 15 is 0 Å². The number of rotatable bonds is 7. The maximum absolute atomic E-state index is 5.91. The highest BCUT2D eigenvalue weighted by Crippen LogP contribution is 2.17. The number of ether oxygens (including phenoxy) is 1. The second-order valence-corrected chi connectivity index (χ2v) is 6.56. The predicted octanol–water partition coefficient (Wildman–Crippen LogP) is 3.78. The molecule has 0 amide bonds. The Labute approximate surface area is 165 Å². The zero-order chi connectivity index (χ0) is 19.8. The molecule has 0 spiro atoms. The van der Waals surface area contributed by atoms with Gasteiger partial charge in [0.05, 0.1) is 18.8 Å². The van der Waals surface area contributed by atoms with Crippen molar-refractivity contribution in [3.8, 4) is 17.2 Å². The highest BCUT2D eigenvalue weighted by Gasteiger charge is 2.08. The van der Waals surface area contributed by atoms with E-state index in [1.165, 1.54) is 5.56 Å². The van der Waals surface area contributed by atoms with Crippen LogP contribution in [0.25, 0.3) is 11.5 Å². The molecule has 0 bridgehead atoms. The Balaban J connectivity index is 1.46. The van der Waals surface area contributed by atoms with Gasteiger partial charge in [-0.1, -0.05) is 35.9 Å². The molecule has 0 saturated heterocycles. The zero-order valence-corrected chi connectivity index (χ0v) is 16.5. The van der Waals surface area contributed by atoms with Gasteiger partial charge in [-0.15, -0.1) is 0 Å². The Hall–Kier alpha value is -3.28. The third-order valence-electron chi connectivity index (χ3n) is 4.15. The lowest BCUT2D eigenvalue weighted by atomic mass is 10.2. The van der Waals surface area contributed by atoms with Crippen LogP contribution < -0.4 is 15.4 Å². The van der Waals surface area contributed by atoms with Crippen LogP contribution in [0.2, 0.25) is 0 Å². The van der Waals surface area contributed by atoms with Gasteiger partial charge in [0.15, 0.2) is 5.96 Å². The maximum atomic E-state index is 5.91. The van der Waals surface area contributed by atoms with Gasteiger partial charge < -0.3 is 19.8 Å². The topological polar surface area (TPSA) is 71.7 Å². The van der Waals surface area contributed by atoms with Crippen molar-refractivity contribution in [1.29, 1.82) is 0 Å². The minimum atomic E-state index is -0.00186. The fraction of sp³-hybridized carbons (Fsp3) is 0.273. The monoisotopic (exact) mass is 378 g/mol. The maximum Gasteiger partial charge on any atom is 0.226 e. The fourth-order valence-corrected chi connectivity index (χ4v) is 2.63. The van der Waals surface area contributed by atoms with Crippen molar-refractivity contribution < 1.29 is 9.15 Å². The molecule has 146 valence electrons. The van der Waals surface area contributed by atoms with E-state index in [1.807, 2.05) is 61.5 Å². The lowest BCUT2D eigenvalue weighted by molar-refractivity contribution is 0.224. The second kappa shape index (κ2) is 9.60. The first-order chi connectivity index (χ1) is 13.6. The van der Waals surface area contributed by atoms with E-state index in [1.54, 1.807) is 13.3 Å².